The number of aryl methyl sites for hydroxylation is 1. The van der Waals surface area contributed by atoms with Gasteiger partial charge in [0.1, 0.15) is 0 Å². The molecular weight excluding hydrogens is 320 g/mol. The Morgan fingerprint density at radius 1 is 1.04 bits per heavy atom. The highest BCUT2D eigenvalue weighted by molar-refractivity contribution is 7.89. The third-order valence-corrected chi connectivity index (χ3v) is 7.10. The molecule has 0 unspecified atom stereocenters. The highest BCUT2D eigenvalue weighted by Gasteiger charge is 2.49. The van der Waals surface area contributed by atoms with E-state index in [-0.39, 0.29) is 6.04 Å². The molecule has 0 aromatic heterocycles. The van der Waals surface area contributed by atoms with Crippen molar-refractivity contribution in [3.05, 3.63) is 65.7 Å². The second kappa shape index (κ2) is 5.99. The van der Waals surface area contributed by atoms with Crippen molar-refractivity contribution in [1.29, 1.82) is 0 Å². The standard InChI is InChI=1S/C19H22N2O2S/c1-14-6-5-9-17(10-14)24(22,23)21-13-16-11-20-12-18(16)19(21)15-7-3-2-4-8-15/h2-10,16,18-20H,11-13H2,1H3/t16-,18-,19+/m0/s1. The van der Waals surface area contributed by atoms with Gasteiger partial charge in [-0.1, -0.05) is 42.5 Å². The summed E-state index contributed by atoms with van der Waals surface area (Å²) in [7, 11) is -3.50. The molecule has 4 nitrogen and oxygen atoms in total. The summed E-state index contributed by atoms with van der Waals surface area (Å²) in [5, 5.41) is 3.42. The van der Waals surface area contributed by atoms with Gasteiger partial charge in [-0.3, -0.25) is 0 Å². The lowest BCUT2D eigenvalue weighted by Gasteiger charge is -2.27. The lowest BCUT2D eigenvalue weighted by molar-refractivity contribution is 0.345. The Hall–Kier alpha value is -1.69. The molecule has 2 heterocycles. The summed E-state index contributed by atoms with van der Waals surface area (Å²) in [5.41, 5.74) is 2.05. The number of nitrogens with one attached hydrogen (secondary N) is 1. The van der Waals surface area contributed by atoms with Crippen LogP contribution in [0.25, 0.3) is 0 Å². The Bertz CT molecular complexity index is 835. The molecule has 0 radical (unpaired) electrons. The van der Waals surface area contributed by atoms with Crippen LogP contribution in [0.1, 0.15) is 17.2 Å². The van der Waals surface area contributed by atoms with Crippen molar-refractivity contribution in [3.63, 3.8) is 0 Å². The number of sulfonamides is 1. The van der Waals surface area contributed by atoms with E-state index in [2.05, 4.69) is 5.32 Å². The fourth-order valence-corrected chi connectivity index (χ4v) is 5.92. The molecule has 2 aliphatic heterocycles. The van der Waals surface area contributed by atoms with Gasteiger partial charge in [-0.15, -0.1) is 0 Å². The van der Waals surface area contributed by atoms with Crippen molar-refractivity contribution in [1.82, 2.24) is 9.62 Å². The number of hydrogen-bond acceptors (Lipinski definition) is 3. The maximum atomic E-state index is 13.3. The van der Waals surface area contributed by atoms with E-state index in [1.54, 1.807) is 16.4 Å². The van der Waals surface area contributed by atoms with E-state index >= 15 is 0 Å². The van der Waals surface area contributed by atoms with Crippen molar-refractivity contribution >= 4 is 10.0 Å². The summed E-state index contributed by atoms with van der Waals surface area (Å²) in [6.07, 6.45) is 0. The third-order valence-electron chi connectivity index (χ3n) is 5.26. The van der Waals surface area contributed by atoms with Gasteiger partial charge in [0.05, 0.1) is 10.9 Å². The van der Waals surface area contributed by atoms with Gasteiger partial charge >= 0.3 is 0 Å². The van der Waals surface area contributed by atoms with E-state index in [4.69, 9.17) is 0 Å². The van der Waals surface area contributed by atoms with E-state index < -0.39 is 10.0 Å². The molecule has 126 valence electrons. The van der Waals surface area contributed by atoms with Crippen LogP contribution in [-0.4, -0.2) is 32.4 Å². The average Bonchev–Trinajstić information content (AvgIpc) is 3.16. The fourth-order valence-electron chi connectivity index (χ4n) is 4.10. The molecule has 0 spiro atoms. The summed E-state index contributed by atoms with van der Waals surface area (Å²) in [4.78, 5) is 0.399. The van der Waals surface area contributed by atoms with Crippen LogP contribution in [0.5, 0.6) is 0 Å². The predicted molar refractivity (Wildman–Crippen MR) is 94.1 cm³/mol. The Morgan fingerprint density at radius 3 is 2.58 bits per heavy atom. The van der Waals surface area contributed by atoms with Crippen LogP contribution in [0.4, 0.5) is 0 Å². The zero-order valence-corrected chi connectivity index (χ0v) is 14.5. The fraction of sp³-hybridized carbons (Fsp3) is 0.368. The topological polar surface area (TPSA) is 49.4 Å². The SMILES string of the molecule is Cc1cccc(S(=O)(=O)N2C[C@@H]3CNC[C@@H]3[C@H]2c2ccccc2)c1. The van der Waals surface area contributed by atoms with Gasteiger partial charge in [-0.25, -0.2) is 8.42 Å². The third kappa shape index (κ3) is 2.57. The zero-order chi connectivity index (χ0) is 16.7. The van der Waals surface area contributed by atoms with E-state index in [9.17, 15) is 8.42 Å². The summed E-state index contributed by atoms with van der Waals surface area (Å²) in [5.74, 6) is 0.724. The molecule has 0 bridgehead atoms. The first-order valence-electron chi connectivity index (χ1n) is 8.41. The lowest BCUT2D eigenvalue weighted by Crippen LogP contribution is -2.34. The summed E-state index contributed by atoms with van der Waals surface area (Å²) >= 11 is 0. The van der Waals surface area contributed by atoms with Gasteiger partial charge in [0.2, 0.25) is 10.0 Å². The number of rotatable bonds is 3. The first kappa shape index (κ1) is 15.8. The maximum absolute atomic E-state index is 13.3. The molecule has 2 fully saturated rings. The summed E-state index contributed by atoms with van der Waals surface area (Å²) in [6.45, 7) is 4.29. The van der Waals surface area contributed by atoms with E-state index in [0.717, 1.165) is 24.2 Å². The van der Waals surface area contributed by atoms with Crippen molar-refractivity contribution in [2.24, 2.45) is 11.8 Å². The van der Waals surface area contributed by atoms with E-state index in [0.29, 0.717) is 23.3 Å². The average molecular weight is 342 g/mol. The molecule has 5 heteroatoms. The second-order valence-electron chi connectivity index (χ2n) is 6.83. The zero-order valence-electron chi connectivity index (χ0n) is 13.7. The van der Waals surface area contributed by atoms with Gasteiger partial charge in [0.15, 0.2) is 0 Å². The molecule has 0 saturated carbocycles. The highest BCUT2D eigenvalue weighted by atomic mass is 32.2. The first-order chi connectivity index (χ1) is 11.6. The largest absolute Gasteiger partial charge is 0.316 e. The lowest BCUT2D eigenvalue weighted by atomic mass is 9.90. The molecule has 1 N–H and O–H groups in total. The van der Waals surface area contributed by atoms with Crippen LogP contribution >= 0.6 is 0 Å². The van der Waals surface area contributed by atoms with Crippen LogP contribution in [0.2, 0.25) is 0 Å². The minimum Gasteiger partial charge on any atom is -0.316 e. The monoisotopic (exact) mass is 342 g/mol. The molecular formula is C19H22N2O2S. The maximum Gasteiger partial charge on any atom is 0.243 e. The normalized spacial score (nSPS) is 27.3. The molecule has 0 amide bonds. The Labute approximate surface area is 143 Å². The number of benzene rings is 2. The molecule has 2 aromatic carbocycles. The van der Waals surface area contributed by atoms with Crippen LogP contribution in [0.3, 0.4) is 0 Å². The number of fused-ring (bicyclic) bond motifs is 1. The molecule has 2 aliphatic rings. The molecule has 4 rings (SSSR count). The summed E-state index contributed by atoms with van der Waals surface area (Å²) < 4.78 is 28.3. The van der Waals surface area contributed by atoms with Crippen LogP contribution in [-0.2, 0) is 10.0 Å². The molecule has 3 atom stereocenters. The molecule has 2 saturated heterocycles. The second-order valence-corrected chi connectivity index (χ2v) is 8.72. The van der Waals surface area contributed by atoms with Crippen molar-refractivity contribution in [2.75, 3.05) is 19.6 Å². The predicted octanol–water partition coefficient (Wildman–Crippen LogP) is 2.58. The van der Waals surface area contributed by atoms with Crippen molar-refractivity contribution < 1.29 is 8.42 Å². The molecule has 2 aromatic rings. The van der Waals surface area contributed by atoms with Crippen molar-refractivity contribution in [2.45, 2.75) is 17.9 Å². The van der Waals surface area contributed by atoms with Gasteiger partial charge in [-0.05, 0) is 48.6 Å². The van der Waals surface area contributed by atoms with Crippen LogP contribution in [0, 0.1) is 18.8 Å². The number of hydrogen-bond donors (Lipinski definition) is 1. The number of nitrogens with zero attached hydrogens (tertiary/aromatic N) is 1. The molecule has 24 heavy (non-hydrogen) atoms. The Balaban J connectivity index is 1.78. The minimum atomic E-state index is -3.50. The first-order valence-corrected chi connectivity index (χ1v) is 9.85. The van der Waals surface area contributed by atoms with Crippen molar-refractivity contribution in [3.8, 4) is 0 Å². The van der Waals surface area contributed by atoms with Gasteiger partial charge < -0.3 is 5.32 Å². The highest BCUT2D eigenvalue weighted by Crippen LogP contribution is 2.45. The minimum absolute atomic E-state index is 0.0864. The van der Waals surface area contributed by atoms with Crippen LogP contribution < -0.4 is 5.32 Å². The van der Waals surface area contributed by atoms with Crippen LogP contribution in [0.15, 0.2) is 59.5 Å². The van der Waals surface area contributed by atoms with Gasteiger partial charge in [0.25, 0.3) is 0 Å². The van der Waals surface area contributed by atoms with Gasteiger partial charge in [-0.2, -0.15) is 4.31 Å². The van der Waals surface area contributed by atoms with E-state index in [1.807, 2.05) is 49.4 Å². The smallest absolute Gasteiger partial charge is 0.243 e. The van der Waals surface area contributed by atoms with E-state index in [1.165, 1.54) is 0 Å². The quantitative estimate of drug-likeness (QED) is 0.933. The van der Waals surface area contributed by atoms with Gasteiger partial charge in [0, 0.05) is 13.1 Å². The Morgan fingerprint density at radius 2 is 1.83 bits per heavy atom. The molecule has 0 aliphatic carbocycles. The Kier molecular flexibility index (Phi) is 3.95. The summed E-state index contributed by atoms with van der Waals surface area (Å²) in [6, 6.07) is 17.2.